The van der Waals surface area contributed by atoms with Crippen LogP contribution < -0.4 is 5.32 Å². The van der Waals surface area contributed by atoms with Gasteiger partial charge in [-0.15, -0.1) is 0 Å². The molecule has 0 atom stereocenters. The minimum absolute atomic E-state index is 0.239. The van der Waals surface area contributed by atoms with Crippen LogP contribution in [0.25, 0.3) is 34.0 Å². The summed E-state index contributed by atoms with van der Waals surface area (Å²) in [6.45, 7) is 0. The van der Waals surface area contributed by atoms with Crippen molar-refractivity contribution in [3.8, 4) is 34.0 Å². The Bertz CT molecular complexity index is 1320. The van der Waals surface area contributed by atoms with E-state index in [-0.39, 0.29) is 5.91 Å². The molecule has 0 aliphatic rings. The highest BCUT2D eigenvalue weighted by molar-refractivity contribution is 6.08. The van der Waals surface area contributed by atoms with Gasteiger partial charge in [0.05, 0.1) is 17.5 Å². The van der Waals surface area contributed by atoms with Crippen molar-refractivity contribution in [2.24, 2.45) is 0 Å². The van der Waals surface area contributed by atoms with Crippen molar-refractivity contribution in [2.45, 2.75) is 0 Å². The molecule has 0 saturated carbocycles. The highest BCUT2D eigenvalue weighted by atomic mass is 16.4. The lowest BCUT2D eigenvalue weighted by atomic mass is 10.1. The Balaban J connectivity index is 1.43. The van der Waals surface area contributed by atoms with Gasteiger partial charge < -0.3 is 9.73 Å². The van der Waals surface area contributed by atoms with Gasteiger partial charge in [-0.2, -0.15) is 5.10 Å². The number of rotatable bonds is 5. The quantitative estimate of drug-likeness (QED) is 0.395. The third-order valence-corrected chi connectivity index (χ3v) is 4.90. The number of aromatic amines is 1. The molecule has 0 unspecified atom stereocenters. The summed E-state index contributed by atoms with van der Waals surface area (Å²) in [6, 6.07) is 26.5. The Hall–Kier alpha value is -4.45. The highest BCUT2D eigenvalue weighted by Crippen LogP contribution is 2.29. The first-order chi connectivity index (χ1) is 15.3. The second kappa shape index (κ2) is 8.12. The van der Waals surface area contributed by atoms with E-state index in [1.807, 2.05) is 78.9 Å². The van der Waals surface area contributed by atoms with Crippen LogP contribution in [0.2, 0.25) is 0 Å². The Morgan fingerprint density at radius 3 is 2.52 bits per heavy atom. The molecule has 0 aliphatic carbocycles. The van der Waals surface area contributed by atoms with Crippen LogP contribution in [0.15, 0.2) is 102 Å². The Morgan fingerprint density at radius 1 is 0.871 bits per heavy atom. The van der Waals surface area contributed by atoms with Crippen molar-refractivity contribution in [1.29, 1.82) is 0 Å². The van der Waals surface area contributed by atoms with Gasteiger partial charge in [0.15, 0.2) is 5.76 Å². The van der Waals surface area contributed by atoms with E-state index in [4.69, 9.17) is 4.42 Å². The minimum atomic E-state index is -0.239. The van der Waals surface area contributed by atoms with Gasteiger partial charge in [-0.3, -0.25) is 9.89 Å². The summed E-state index contributed by atoms with van der Waals surface area (Å²) in [5.74, 6) is 0.811. The van der Waals surface area contributed by atoms with E-state index in [0.717, 1.165) is 16.8 Å². The molecule has 31 heavy (non-hydrogen) atoms. The molecular formula is C25H18N4O2. The second-order valence-corrected chi connectivity index (χ2v) is 6.95. The molecule has 3 aromatic carbocycles. The van der Waals surface area contributed by atoms with Crippen LogP contribution in [-0.2, 0) is 0 Å². The SMILES string of the molecule is O=C(Nc1cccc(-c2ccn[nH]2)c1)c1ccccc1-c1ncc(-c2ccccc2)o1. The number of carbonyl (C=O) groups is 1. The van der Waals surface area contributed by atoms with E-state index < -0.39 is 0 Å². The topological polar surface area (TPSA) is 83.8 Å². The van der Waals surface area contributed by atoms with Crippen molar-refractivity contribution in [1.82, 2.24) is 15.2 Å². The maximum atomic E-state index is 13.1. The summed E-state index contributed by atoms with van der Waals surface area (Å²) in [4.78, 5) is 17.5. The lowest BCUT2D eigenvalue weighted by Crippen LogP contribution is -2.13. The molecule has 2 N–H and O–H groups in total. The number of anilines is 1. The van der Waals surface area contributed by atoms with E-state index >= 15 is 0 Å². The van der Waals surface area contributed by atoms with Crippen LogP contribution in [0.3, 0.4) is 0 Å². The molecular weight excluding hydrogens is 388 g/mol. The zero-order chi connectivity index (χ0) is 21.0. The molecule has 6 heteroatoms. The van der Waals surface area contributed by atoms with Crippen LogP contribution in [-0.4, -0.2) is 21.1 Å². The van der Waals surface area contributed by atoms with Crippen molar-refractivity contribution in [3.05, 3.63) is 103 Å². The summed E-state index contributed by atoms with van der Waals surface area (Å²) < 4.78 is 5.96. The van der Waals surface area contributed by atoms with Crippen molar-refractivity contribution in [2.75, 3.05) is 5.32 Å². The molecule has 150 valence electrons. The fourth-order valence-corrected chi connectivity index (χ4v) is 3.38. The first-order valence-electron chi connectivity index (χ1n) is 9.80. The summed E-state index contributed by atoms with van der Waals surface area (Å²) in [7, 11) is 0. The number of aromatic nitrogens is 3. The Morgan fingerprint density at radius 2 is 1.68 bits per heavy atom. The number of oxazole rings is 1. The molecule has 2 heterocycles. The molecule has 5 rings (SSSR count). The van der Waals surface area contributed by atoms with Gasteiger partial charge >= 0.3 is 0 Å². The fraction of sp³-hybridized carbons (Fsp3) is 0. The van der Waals surface area contributed by atoms with E-state index in [1.165, 1.54) is 0 Å². The molecule has 5 aromatic rings. The largest absolute Gasteiger partial charge is 0.436 e. The number of hydrogen-bond donors (Lipinski definition) is 2. The van der Waals surface area contributed by atoms with Crippen LogP contribution in [0.4, 0.5) is 5.69 Å². The fourth-order valence-electron chi connectivity index (χ4n) is 3.38. The maximum absolute atomic E-state index is 13.1. The van der Waals surface area contributed by atoms with Gasteiger partial charge in [-0.05, 0) is 30.3 Å². The summed E-state index contributed by atoms with van der Waals surface area (Å²) in [5.41, 5.74) is 4.54. The van der Waals surface area contributed by atoms with E-state index in [1.54, 1.807) is 18.5 Å². The molecule has 0 saturated heterocycles. The molecule has 0 spiro atoms. The Kier molecular flexibility index (Phi) is 4.86. The van der Waals surface area contributed by atoms with Gasteiger partial charge in [0.2, 0.25) is 5.89 Å². The highest BCUT2D eigenvalue weighted by Gasteiger charge is 2.17. The lowest BCUT2D eigenvalue weighted by molar-refractivity contribution is 0.102. The first-order valence-corrected chi connectivity index (χ1v) is 9.80. The molecule has 2 aromatic heterocycles. The number of hydrogen-bond acceptors (Lipinski definition) is 4. The van der Waals surface area contributed by atoms with Gasteiger partial charge in [0, 0.05) is 28.6 Å². The van der Waals surface area contributed by atoms with Crippen molar-refractivity contribution >= 4 is 11.6 Å². The van der Waals surface area contributed by atoms with Gasteiger partial charge in [-0.25, -0.2) is 4.98 Å². The average Bonchev–Trinajstić information content (AvgIpc) is 3.53. The second-order valence-electron chi connectivity index (χ2n) is 6.95. The molecule has 0 fully saturated rings. The van der Waals surface area contributed by atoms with Crippen LogP contribution in [0.1, 0.15) is 10.4 Å². The standard InChI is InChI=1S/C25H18N4O2/c30-24(28-19-10-6-9-18(15-19)22-13-14-27-29-22)20-11-4-5-12-21(20)25-26-16-23(31-25)17-7-2-1-3-8-17/h1-16H,(H,27,29)(H,28,30). The zero-order valence-corrected chi connectivity index (χ0v) is 16.4. The first kappa shape index (κ1) is 18.6. The van der Waals surface area contributed by atoms with E-state index in [2.05, 4.69) is 20.5 Å². The number of carbonyl (C=O) groups excluding carboxylic acids is 1. The summed E-state index contributed by atoms with van der Waals surface area (Å²) in [5, 5.41) is 9.87. The predicted molar refractivity (Wildman–Crippen MR) is 119 cm³/mol. The zero-order valence-electron chi connectivity index (χ0n) is 16.4. The number of nitrogens with zero attached hydrogens (tertiary/aromatic N) is 2. The van der Waals surface area contributed by atoms with Crippen molar-refractivity contribution in [3.63, 3.8) is 0 Å². The average molecular weight is 406 g/mol. The number of H-pyrrole nitrogens is 1. The number of benzene rings is 3. The monoisotopic (exact) mass is 406 g/mol. The summed E-state index contributed by atoms with van der Waals surface area (Å²) >= 11 is 0. The molecule has 0 aliphatic heterocycles. The van der Waals surface area contributed by atoms with E-state index in [0.29, 0.717) is 28.5 Å². The van der Waals surface area contributed by atoms with Gasteiger partial charge in [0.25, 0.3) is 5.91 Å². The normalized spacial score (nSPS) is 10.7. The molecule has 0 radical (unpaired) electrons. The maximum Gasteiger partial charge on any atom is 0.256 e. The lowest BCUT2D eigenvalue weighted by Gasteiger charge is -2.09. The Labute approximate surface area is 178 Å². The molecule has 1 amide bonds. The summed E-state index contributed by atoms with van der Waals surface area (Å²) in [6.07, 6.45) is 3.37. The minimum Gasteiger partial charge on any atom is -0.436 e. The smallest absolute Gasteiger partial charge is 0.256 e. The third-order valence-electron chi connectivity index (χ3n) is 4.90. The number of amides is 1. The van der Waals surface area contributed by atoms with Crippen LogP contribution in [0, 0.1) is 0 Å². The third kappa shape index (κ3) is 3.86. The van der Waals surface area contributed by atoms with E-state index in [9.17, 15) is 4.79 Å². The van der Waals surface area contributed by atoms with Crippen LogP contribution >= 0.6 is 0 Å². The molecule has 0 bridgehead atoms. The van der Waals surface area contributed by atoms with Crippen molar-refractivity contribution < 1.29 is 9.21 Å². The van der Waals surface area contributed by atoms with Gasteiger partial charge in [-0.1, -0.05) is 54.6 Å². The van der Waals surface area contributed by atoms with Crippen LogP contribution in [0.5, 0.6) is 0 Å². The predicted octanol–water partition coefficient (Wildman–Crippen LogP) is 5.65. The molecule has 6 nitrogen and oxygen atoms in total. The number of nitrogens with one attached hydrogen (secondary N) is 2. The van der Waals surface area contributed by atoms with Gasteiger partial charge in [0.1, 0.15) is 0 Å².